The number of rotatable bonds is 8. The maximum absolute atomic E-state index is 15.5. The molecule has 0 bridgehead atoms. The number of aliphatic hydroxyl groups excluding tert-OH is 2. The Bertz CT molecular complexity index is 1130. The normalized spacial score (nSPS) is 24.8. The molecule has 6 nitrogen and oxygen atoms in total. The average molecular weight is 536 g/mol. The van der Waals surface area contributed by atoms with E-state index in [2.05, 4.69) is 16.7 Å². The van der Waals surface area contributed by atoms with E-state index in [1.807, 2.05) is 20.8 Å². The molecule has 1 fully saturated rings. The van der Waals surface area contributed by atoms with Gasteiger partial charge in [0.1, 0.15) is 11.2 Å². The number of hydrogen-bond acceptors (Lipinski definition) is 5. The molecule has 2 aromatic rings. The topological polar surface area (TPSA) is 105 Å². The molecular weight excluding hydrogens is 504 g/mol. The predicted octanol–water partition coefficient (Wildman–Crippen LogP) is 4.31. The summed E-state index contributed by atoms with van der Waals surface area (Å²) in [5.74, 6) is -1.80. The molecule has 0 radical (unpaired) electrons. The van der Waals surface area contributed by atoms with Crippen molar-refractivity contribution in [3.8, 4) is 6.07 Å². The molecule has 36 heavy (non-hydrogen) atoms. The highest BCUT2D eigenvalue weighted by Crippen LogP contribution is 2.52. The summed E-state index contributed by atoms with van der Waals surface area (Å²) in [7, 11) is 0. The Morgan fingerprint density at radius 3 is 2.53 bits per heavy atom. The van der Waals surface area contributed by atoms with Crippen molar-refractivity contribution in [1.82, 2.24) is 10.6 Å². The van der Waals surface area contributed by atoms with Crippen molar-refractivity contribution in [2.45, 2.75) is 63.1 Å². The SMILES string of the molecule is CC(C)(C)CC1NC(C(=O)NCC[C@@H](O)CO)C(c2cccc(Cl)c2)C1(C#N)c1ccc(Cl)cc1F. The molecule has 1 aliphatic rings. The summed E-state index contributed by atoms with van der Waals surface area (Å²) in [4.78, 5) is 13.5. The molecule has 1 aliphatic heterocycles. The maximum Gasteiger partial charge on any atom is 0.237 e. The van der Waals surface area contributed by atoms with Crippen LogP contribution in [-0.4, -0.2) is 47.5 Å². The molecule has 1 saturated heterocycles. The molecule has 5 atom stereocenters. The van der Waals surface area contributed by atoms with Crippen LogP contribution in [0.2, 0.25) is 10.0 Å². The number of hydrogen-bond donors (Lipinski definition) is 4. The molecule has 4 N–H and O–H groups in total. The number of carbonyl (C=O) groups is 1. The molecule has 0 spiro atoms. The van der Waals surface area contributed by atoms with Crippen LogP contribution >= 0.6 is 23.2 Å². The second kappa shape index (κ2) is 11.5. The smallest absolute Gasteiger partial charge is 0.237 e. The van der Waals surface area contributed by atoms with Gasteiger partial charge in [-0.2, -0.15) is 5.26 Å². The van der Waals surface area contributed by atoms with Gasteiger partial charge >= 0.3 is 0 Å². The van der Waals surface area contributed by atoms with Gasteiger partial charge in [0.2, 0.25) is 5.91 Å². The monoisotopic (exact) mass is 535 g/mol. The molecule has 0 saturated carbocycles. The Labute approximate surface area is 221 Å². The molecule has 2 aromatic carbocycles. The predicted molar refractivity (Wildman–Crippen MR) is 138 cm³/mol. The minimum Gasteiger partial charge on any atom is -0.394 e. The first-order valence-corrected chi connectivity index (χ1v) is 12.6. The molecule has 1 heterocycles. The van der Waals surface area contributed by atoms with E-state index in [1.54, 1.807) is 30.3 Å². The van der Waals surface area contributed by atoms with Gasteiger partial charge in [0.05, 0.1) is 24.8 Å². The fourth-order valence-corrected chi connectivity index (χ4v) is 5.45. The van der Waals surface area contributed by atoms with Crippen LogP contribution in [0.3, 0.4) is 0 Å². The third-order valence-corrected chi connectivity index (χ3v) is 7.08. The van der Waals surface area contributed by atoms with Crippen molar-refractivity contribution in [2.24, 2.45) is 5.41 Å². The lowest BCUT2D eigenvalue weighted by atomic mass is 9.62. The van der Waals surface area contributed by atoms with Crippen molar-refractivity contribution in [3.05, 3.63) is 69.5 Å². The van der Waals surface area contributed by atoms with Crippen LogP contribution < -0.4 is 10.6 Å². The molecule has 1 amide bonds. The van der Waals surface area contributed by atoms with Crippen molar-refractivity contribution in [2.75, 3.05) is 13.2 Å². The molecule has 3 rings (SSSR count). The minimum absolute atomic E-state index is 0.125. The number of nitriles is 1. The second-order valence-electron chi connectivity index (χ2n) is 10.5. The van der Waals surface area contributed by atoms with Gasteiger partial charge in [-0.1, -0.05) is 62.2 Å². The third-order valence-electron chi connectivity index (χ3n) is 6.61. The Balaban J connectivity index is 2.19. The van der Waals surface area contributed by atoms with Crippen molar-refractivity contribution in [3.63, 3.8) is 0 Å². The average Bonchev–Trinajstić information content (AvgIpc) is 3.12. The van der Waals surface area contributed by atoms with Crippen LogP contribution in [0.5, 0.6) is 0 Å². The molecule has 0 aromatic heterocycles. The van der Waals surface area contributed by atoms with Gasteiger partial charge in [-0.3, -0.25) is 4.79 Å². The van der Waals surface area contributed by atoms with Gasteiger partial charge in [0, 0.05) is 34.1 Å². The van der Waals surface area contributed by atoms with Gasteiger partial charge < -0.3 is 20.8 Å². The number of aliphatic hydroxyl groups is 2. The summed E-state index contributed by atoms with van der Waals surface area (Å²) < 4.78 is 15.5. The Kier molecular flexibility index (Phi) is 9.02. The Hall–Kier alpha value is -2.21. The first-order chi connectivity index (χ1) is 16.9. The van der Waals surface area contributed by atoms with E-state index in [1.165, 1.54) is 12.1 Å². The summed E-state index contributed by atoms with van der Waals surface area (Å²) in [5.41, 5.74) is -0.929. The first-order valence-electron chi connectivity index (χ1n) is 11.9. The summed E-state index contributed by atoms with van der Waals surface area (Å²) >= 11 is 12.4. The lowest BCUT2D eigenvalue weighted by Gasteiger charge is -2.37. The Morgan fingerprint density at radius 2 is 1.94 bits per heavy atom. The van der Waals surface area contributed by atoms with E-state index >= 15 is 4.39 Å². The van der Waals surface area contributed by atoms with E-state index in [0.29, 0.717) is 17.0 Å². The van der Waals surface area contributed by atoms with E-state index in [4.69, 9.17) is 28.3 Å². The van der Waals surface area contributed by atoms with Crippen LogP contribution in [0.1, 0.15) is 50.7 Å². The fraction of sp³-hybridized carbons (Fsp3) is 0.481. The second-order valence-corrected chi connectivity index (χ2v) is 11.4. The number of amides is 1. The molecule has 9 heteroatoms. The first kappa shape index (κ1) is 28.4. The highest BCUT2D eigenvalue weighted by atomic mass is 35.5. The van der Waals surface area contributed by atoms with Crippen LogP contribution in [0.4, 0.5) is 4.39 Å². The van der Waals surface area contributed by atoms with Crippen LogP contribution in [0.25, 0.3) is 0 Å². The highest BCUT2D eigenvalue weighted by Gasteiger charge is 2.60. The van der Waals surface area contributed by atoms with Crippen molar-refractivity contribution >= 4 is 29.1 Å². The van der Waals surface area contributed by atoms with Crippen molar-refractivity contribution < 1.29 is 19.4 Å². The van der Waals surface area contributed by atoms with Crippen LogP contribution in [-0.2, 0) is 10.2 Å². The van der Waals surface area contributed by atoms with E-state index in [-0.39, 0.29) is 29.0 Å². The summed E-state index contributed by atoms with van der Waals surface area (Å²) in [6.45, 7) is 5.77. The number of benzene rings is 2. The highest BCUT2D eigenvalue weighted by molar-refractivity contribution is 6.30. The lowest BCUT2D eigenvalue weighted by Crippen LogP contribution is -2.46. The number of nitrogens with one attached hydrogen (secondary N) is 2. The van der Waals surface area contributed by atoms with Crippen LogP contribution in [0, 0.1) is 22.6 Å². The van der Waals surface area contributed by atoms with Gasteiger partial charge in [-0.25, -0.2) is 4.39 Å². The minimum atomic E-state index is -1.46. The lowest BCUT2D eigenvalue weighted by molar-refractivity contribution is -0.123. The van der Waals surface area contributed by atoms with E-state index < -0.39 is 47.9 Å². The maximum atomic E-state index is 15.5. The van der Waals surface area contributed by atoms with Crippen LogP contribution in [0.15, 0.2) is 42.5 Å². The Morgan fingerprint density at radius 1 is 1.25 bits per heavy atom. The number of carbonyl (C=O) groups excluding carboxylic acids is 1. The number of halogens is 3. The summed E-state index contributed by atoms with van der Waals surface area (Å²) in [6.07, 6.45) is -0.315. The molecule has 194 valence electrons. The zero-order valence-corrected chi connectivity index (χ0v) is 22.1. The summed E-state index contributed by atoms with van der Waals surface area (Å²) in [5, 5.41) is 36.3. The van der Waals surface area contributed by atoms with Crippen molar-refractivity contribution in [1.29, 1.82) is 5.26 Å². The van der Waals surface area contributed by atoms with Gasteiger partial charge in [0.15, 0.2) is 0 Å². The standard InChI is InChI=1S/C27H32Cl2FN3O3/c1-26(2,3)13-22-27(15-31,20-8-7-18(29)12-21(20)30)23(16-5-4-6-17(28)11-16)24(33-22)25(36)32-10-9-19(35)14-34/h4-8,11-12,19,22-24,33-35H,9-10,13-14H2,1-3H3,(H,32,36)/t19-,22?,23?,24?,27?/m1/s1. The van der Waals surface area contributed by atoms with Gasteiger partial charge in [-0.05, 0) is 48.1 Å². The molecular formula is C27H32Cl2FN3O3. The quantitative estimate of drug-likeness (QED) is 0.403. The zero-order valence-electron chi connectivity index (χ0n) is 20.6. The van der Waals surface area contributed by atoms with E-state index in [0.717, 1.165) is 0 Å². The largest absolute Gasteiger partial charge is 0.394 e. The van der Waals surface area contributed by atoms with E-state index in [9.17, 15) is 15.2 Å². The van der Waals surface area contributed by atoms with Gasteiger partial charge in [0.25, 0.3) is 0 Å². The number of nitrogens with zero attached hydrogens (tertiary/aromatic N) is 1. The molecule has 4 unspecified atom stereocenters. The van der Waals surface area contributed by atoms with Gasteiger partial charge in [-0.15, -0.1) is 0 Å². The molecule has 0 aliphatic carbocycles. The third kappa shape index (κ3) is 6.01. The fourth-order valence-electron chi connectivity index (χ4n) is 5.09. The zero-order chi connectivity index (χ0) is 26.7. The summed E-state index contributed by atoms with van der Waals surface area (Å²) in [6, 6.07) is 12.1.